The van der Waals surface area contributed by atoms with Crippen molar-refractivity contribution in [3.8, 4) is 17.0 Å². The molecule has 4 rings (SSSR count). The molecule has 1 heterocycles. The molecular formula is C26H22FN5O3. The second-order valence-corrected chi connectivity index (χ2v) is 7.58. The van der Waals surface area contributed by atoms with Crippen LogP contribution >= 0.6 is 0 Å². The third-order valence-electron chi connectivity index (χ3n) is 5.00. The minimum absolute atomic E-state index is 0.143. The van der Waals surface area contributed by atoms with Crippen molar-refractivity contribution in [2.45, 2.75) is 12.5 Å². The highest BCUT2D eigenvalue weighted by molar-refractivity contribution is 6.00. The molecule has 3 aromatic carbocycles. The summed E-state index contributed by atoms with van der Waals surface area (Å²) in [4.78, 5) is 24.9. The van der Waals surface area contributed by atoms with Crippen molar-refractivity contribution in [2.75, 3.05) is 10.6 Å². The first-order chi connectivity index (χ1) is 17.0. The van der Waals surface area contributed by atoms with Crippen LogP contribution in [0.5, 0.6) is 5.75 Å². The van der Waals surface area contributed by atoms with Crippen LogP contribution < -0.4 is 21.1 Å². The third-order valence-corrected chi connectivity index (χ3v) is 5.00. The predicted molar refractivity (Wildman–Crippen MR) is 130 cm³/mol. The zero-order chi connectivity index (χ0) is 24.6. The Balaban J connectivity index is 1.36. The summed E-state index contributed by atoms with van der Waals surface area (Å²) >= 11 is 0. The van der Waals surface area contributed by atoms with Crippen LogP contribution in [-0.2, 0) is 4.79 Å². The summed E-state index contributed by atoms with van der Waals surface area (Å²) in [7, 11) is 0. The molecular weight excluding hydrogens is 449 g/mol. The van der Waals surface area contributed by atoms with Gasteiger partial charge < -0.3 is 15.8 Å². The number of nitrogens with two attached hydrogens (primary N) is 1. The van der Waals surface area contributed by atoms with Gasteiger partial charge in [0.15, 0.2) is 11.6 Å². The van der Waals surface area contributed by atoms with Crippen molar-refractivity contribution >= 4 is 23.5 Å². The highest BCUT2D eigenvalue weighted by atomic mass is 19.1. The van der Waals surface area contributed by atoms with Gasteiger partial charge in [-0.25, -0.2) is 9.18 Å². The maximum atomic E-state index is 13.4. The number of esters is 1. The molecule has 0 bridgehead atoms. The van der Waals surface area contributed by atoms with E-state index in [9.17, 15) is 14.0 Å². The number of nitrogens with one attached hydrogen (secondary N) is 2. The zero-order valence-corrected chi connectivity index (χ0v) is 18.5. The van der Waals surface area contributed by atoms with Crippen LogP contribution in [-0.4, -0.2) is 22.2 Å². The van der Waals surface area contributed by atoms with E-state index in [1.807, 2.05) is 30.3 Å². The molecule has 2 amide bonds. The van der Waals surface area contributed by atoms with Gasteiger partial charge in [0, 0.05) is 11.6 Å². The van der Waals surface area contributed by atoms with Crippen LogP contribution in [0.3, 0.4) is 0 Å². The Morgan fingerprint density at radius 2 is 1.66 bits per heavy atom. The monoisotopic (exact) mass is 471 g/mol. The lowest BCUT2D eigenvalue weighted by molar-refractivity contribution is -0.134. The summed E-state index contributed by atoms with van der Waals surface area (Å²) in [6.07, 6.45) is -0.173. The van der Waals surface area contributed by atoms with Gasteiger partial charge in [0.25, 0.3) is 0 Å². The van der Waals surface area contributed by atoms with Crippen molar-refractivity contribution in [1.82, 2.24) is 10.2 Å². The van der Waals surface area contributed by atoms with Crippen molar-refractivity contribution in [1.29, 1.82) is 0 Å². The molecule has 0 spiro atoms. The van der Waals surface area contributed by atoms with Gasteiger partial charge in [0.2, 0.25) is 0 Å². The molecule has 1 atom stereocenters. The lowest BCUT2D eigenvalue weighted by atomic mass is 10.0. The van der Waals surface area contributed by atoms with Crippen LogP contribution in [0.25, 0.3) is 11.3 Å². The number of nitrogens with zero attached hydrogens (tertiary/aromatic N) is 2. The number of hydrogen-bond donors (Lipinski definition) is 3. The molecule has 0 aliphatic rings. The van der Waals surface area contributed by atoms with Gasteiger partial charge in [-0.15, -0.1) is 10.2 Å². The molecule has 8 nitrogen and oxygen atoms in total. The fourth-order valence-electron chi connectivity index (χ4n) is 3.29. The molecule has 0 fully saturated rings. The fourth-order valence-corrected chi connectivity index (χ4v) is 3.29. The number of urea groups is 1. The minimum atomic E-state index is -0.737. The Morgan fingerprint density at radius 1 is 0.886 bits per heavy atom. The van der Waals surface area contributed by atoms with Crippen molar-refractivity contribution in [2.24, 2.45) is 5.73 Å². The van der Waals surface area contributed by atoms with E-state index >= 15 is 0 Å². The highest BCUT2D eigenvalue weighted by Gasteiger charge is 2.16. The second-order valence-electron chi connectivity index (χ2n) is 7.58. The predicted octanol–water partition coefficient (Wildman–Crippen LogP) is 4.92. The largest absolute Gasteiger partial charge is 0.424 e. The number of amides is 2. The number of halogens is 1. The van der Waals surface area contributed by atoms with Crippen LogP contribution in [0, 0.1) is 5.82 Å². The molecule has 176 valence electrons. The number of aromatic nitrogens is 2. The number of carbonyl (C=O) groups excluding carboxylic acids is 2. The number of ether oxygens (including phenoxy) is 1. The van der Waals surface area contributed by atoms with Gasteiger partial charge in [0.05, 0.1) is 17.8 Å². The lowest BCUT2D eigenvalue weighted by Gasteiger charge is -2.14. The maximum Gasteiger partial charge on any atom is 0.325 e. The van der Waals surface area contributed by atoms with Gasteiger partial charge in [-0.3, -0.25) is 10.1 Å². The number of benzene rings is 3. The molecule has 35 heavy (non-hydrogen) atoms. The Hall–Kier alpha value is -4.63. The smallest absolute Gasteiger partial charge is 0.325 e. The molecule has 9 heteroatoms. The van der Waals surface area contributed by atoms with E-state index in [1.54, 1.807) is 36.4 Å². The topological polar surface area (TPSA) is 119 Å². The van der Waals surface area contributed by atoms with E-state index in [0.29, 0.717) is 11.3 Å². The van der Waals surface area contributed by atoms with E-state index in [4.69, 9.17) is 10.5 Å². The Labute approximate surface area is 201 Å². The lowest BCUT2D eigenvalue weighted by Crippen LogP contribution is -2.22. The third kappa shape index (κ3) is 6.46. The standard InChI is InChI=1S/C26H22FN5O3/c27-19-10-6-9-18(15-19)20(28)16-25(33)35-23-12-5-4-11-22(23)29-26(34)30-24-14-13-21(31-32-24)17-7-2-1-3-8-17/h1-15,20H,16,28H2,(H2,29,30,32,34). The minimum Gasteiger partial charge on any atom is -0.424 e. The first-order valence-electron chi connectivity index (χ1n) is 10.8. The maximum absolute atomic E-state index is 13.4. The quantitative estimate of drug-likeness (QED) is 0.260. The van der Waals surface area contributed by atoms with E-state index < -0.39 is 23.9 Å². The van der Waals surface area contributed by atoms with Gasteiger partial charge in [-0.1, -0.05) is 54.6 Å². The summed E-state index contributed by atoms with van der Waals surface area (Å²) in [6.45, 7) is 0. The fraction of sp³-hybridized carbons (Fsp3) is 0.0769. The molecule has 1 unspecified atom stereocenters. The van der Waals surface area contributed by atoms with Crippen LogP contribution in [0.1, 0.15) is 18.0 Å². The molecule has 0 saturated heterocycles. The van der Waals surface area contributed by atoms with E-state index in [0.717, 1.165) is 5.56 Å². The van der Waals surface area contributed by atoms with Crippen molar-refractivity contribution in [3.63, 3.8) is 0 Å². The van der Waals surface area contributed by atoms with Crippen LogP contribution in [0.15, 0.2) is 91.0 Å². The van der Waals surface area contributed by atoms with Crippen LogP contribution in [0.2, 0.25) is 0 Å². The van der Waals surface area contributed by atoms with Gasteiger partial charge in [0.1, 0.15) is 5.82 Å². The molecule has 0 saturated carbocycles. The number of para-hydroxylation sites is 2. The van der Waals surface area contributed by atoms with E-state index in [-0.39, 0.29) is 23.7 Å². The summed E-state index contributed by atoms with van der Waals surface area (Å²) < 4.78 is 18.8. The number of rotatable bonds is 7. The average molecular weight is 471 g/mol. The molecule has 0 aliphatic carbocycles. The van der Waals surface area contributed by atoms with Gasteiger partial charge in [-0.2, -0.15) is 0 Å². The molecule has 0 radical (unpaired) electrons. The van der Waals surface area contributed by atoms with Gasteiger partial charge >= 0.3 is 12.0 Å². The number of hydrogen-bond acceptors (Lipinski definition) is 6. The summed E-state index contributed by atoms with van der Waals surface area (Å²) in [5, 5.41) is 13.4. The molecule has 0 aliphatic heterocycles. The number of carbonyl (C=O) groups is 2. The van der Waals surface area contributed by atoms with Crippen LogP contribution in [0.4, 0.5) is 20.7 Å². The second kappa shape index (κ2) is 11.0. The van der Waals surface area contributed by atoms with Crippen molar-refractivity contribution in [3.05, 3.63) is 102 Å². The van der Waals surface area contributed by atoms with E-state index in [1.165, 1.54) is 24.3 Å². The van der Waals surface area contributed by atoms with Crippen molar-refractivity contribution < 1.29 is 18.7 Å². The number of anilines is 2. The Bertz CT molecular complexity index is 1320. The summed E-state index contributed by atoms with van der Waals surface area (Å²) in [5.41, 5.74) is 8.34. The highest BCUT2D eigenvalue weighted by Crippen LogP contribution is 2.26. The SMILES string of the molecule is NC(CC(=O)Oc1ccccc1NC(=O)Nc1ccc(-c2ccccc2)nn1)c1cccc(F)c1. The first kappa shape index (κ1) is 23.5. The zero-order valence-electron chi connectivity index (χ0n) is 18.5. The summed E-state index contributed by atoms with van der Waals surface area (Å²) in [5.74, 6) is -0.674. The van der Waals surface area contributed by atoms with Gasteiger partial charge in [-0.05, 0) is 42.0 Å². The Morgan fingerprint density at radius 3 is 2.40 bits per heavy atom. The average Bonchev–Trinajstić information content (AvgIpc) is 2.86. The molecule has 1 aromatic heterocycles. The molecule has 4 N–H and O–H groups in total. The summed E-state index contributed by atoms with van der Waals surface area (Å²) in [6, 6.07) is 23.8. The molecule has 4 aromatic rings. The first-order valence-corrected chi connectivity index (χ1v) is 10.8. The van der Waals surface area contributed by atoms with E-state index in [2.05, 4.69) is 20.8 Å². The Kier molecular flexibility index (Phi) is 7.39. The normalized spacial score (nSPS) is 11.4.